The lowest BCUT2D eigenvalue weighted by Crippen LogP contribution is -2.24. The molecule has 1 aliphatic carbocycles. The van der Waals surface area contributed by atoms with Crippen molar-refractivity contribution < 1.29 is 5.11 Å². The van der Waals surface area contributed by atoms with Crippen molar-refractivity contribution in [3.05, 3.63) is 68.2 Å². The first-order chi connectivity index (χ1) is 13.0. The van der Waals surface area contributed by atoms with Gasteiger partial charge in [0.05, 0.1) is 28.0 Å². The molecule has 0 spiro atoms. The Morgan fingerprint density at radius 2 is 1.96 bits per heavy atom. The van der Waals surface area contributed by atoms with Gasteiger partial charge in [0.1, 0.15) is 0 Å². The molecule has 140 valence electrons. The highest BCUT2D eigenvalue weighted by Crippen LogP contribution is 2.44. The first kappa shape index (κ1) is 18.5. The molecular formula is C21H20Cl2N2O2. The third kappa shape index (κ3) is 3.62. The minimum atomic E-state index is -0.464. The van der Waals surface area contributed by atoms with Crippen LogP contribution >= 0.6 is 23.2 Å². The second-order valence-corrected chi connectivity index (χ2v) is 8.00. The normalized spacial score (nSPS) is 15.3. The van der Waals surface area contributed by atoms with E-state index in [1.54, 1.807) is 17.6 Å². The maximum Gasteiger partial charge on any atom is 0.352 e. The Morgan fingerprint density at radius 1 is 1.22 bits per heavy atom. The molecule has 2 aromatic carbocycles. The summed E-state index contributed by atoms with van der Waals surface area (Å²) in [6.45, 7) is 1.73. The van der Waals surface area contributed by atoms with Gasteiger partial charge in [-0.25, -0.2) is 4.79 Å². The maximum atomic E-state index is 12.9. The number of para-hydroxylation sites is 1. The predicted molar refractivity (Wildman–Crippen MR) is 109 cm³/mol. The maximum absolute atomic E-state index is 12.9. The van der Waals surface area contributed by atoms with Crippen molar-refractivity contribution in [2.24, 2.45) is 0 Å². The van der Waals surface area contributed by atoms with E-state index >= 15 is 0 Å². The van der Waals surface area contributed by atoms with Crippen LogP contribution in [0, 0.1) is 0 Å². The van der Waals surface area contributed by atoms with Gasteiger partial charge in [0.2, 0.25) is 0 Å². The average Bonchev–Trinajstić information content (AvgIpc) is 3.45. The summed E-state index contributed by atoms with van der Waals surface area (Å²) in [4.78, 5) is 17.2. The van der Waals surface area contributed by atoms with Crippen LogP contribution in [0.3, 0.4) is 0 Å². The summed E-state index contributed by atoms with van der Waals surface area (Å²) >= 11 is 12.9. The number of benzene rings is 2. The highest BCUT2D eigenvalue weighted by Gasteiger charge is 2.27. The van der Waals surface area contributed by atoms with Crippen molar-refractivity contribution in [3.63, 3.8) is 0 Å². The fourth-order valence-electron chi connectivity index (χ4n) is 3.43. The molecule has 0 unspecified atom stereocenters. The molecule has 6 heteroatoms. The topological polar surface area (TPSA) is 55.1 Å². The number of rotatable bonds is 5. The fourth-order valence-corrected chi connectivity index (χ4v) is 3.97. The largest absolute Gasteiger partial charge is 0.393 e. The molecule has 0 radical (unpaired) electrons. The van der Waals surface area contributed by atoms with Crippen LogP contribution < -0.4 is 5.69 Å². The molecule has 1 heterocycles. The molecular weight excluding hydrogens is 383 g/mol. The molecule has 1 atom stereocenters. The number of fused-ring (bicyclic) bond motifs is 1. The van der Waals surface area contributed by atoms with Crippen molar-refractivity contribution >= 4 is 34.1 Å². The van der Waals surface area contributed by atoms with Gasteiger partial charge >= 0.3 is 5.69 Å². The fraction of sp³-hybridized carbons (Fsp3) is 0.333. The summed E-state index contributed by atoms with van der Waals surface area (Å²) in [5, 5.41) is 11.7. The second-order valence-electron chi connectivity index (χ2n) is 7.18. The van der Waals surface area contributed by atoms with E-state index in [4.69, 9.17) is 23.2 Å². The minimum absolute atomic E-state index is 0.375. The lowest BCUT2D eigenvalue weighted by Gasteiger charge is -2.16. The Hall–Kier alpha value is -1.88. The lowest BCUT2D eigenvalue weighted by atomic mass is 10.0. The van der Waals surface area contributed by atoms with E-state index in [1.165, 1.54) is 0 Å². The molecule has 4 nitrogen and oxygen atoms in total. The molecule has 1 aliphatic rings. The van der Waals surface area contributed by atoms with Gasteiger partial charge in [-0.3, -0.25) is 4.57 Å². The predicted octanol–water partition coefficient (Wildman–Crippen LogP) is 4.88. The first-order valence-electron chi connectivity index (χ1n) is 9.13. The molecule has 1 N–H and O–H groups in total. The van der Waals surface area contributed by atoms with Crippen molar-refractivity contribution in [1.29, 1.82) is 0 Å². The van der Waals surface area contributed by atoms with Crippen LogP contribution in [0.15, 0.2) is 41.2 Å². The summed E-state index contributed by atoms with van der Waals surface area (Å²) in [5.41, 5.74) is 2.71. The minimum Gasteiger partial charge on any atom is -0.393 e. The molecule has 0 bridgehead atoms. The van der Waals surface area contributed by atoms with E-state index in [0.717, 1.165) is 29.3 Å². The van der Waals surface area contributed by atoms with Crippen LogP contribution in [0.4, 0.5) is 0 Å². The van der Waals surface area contributed by atoms with Crippen molar-refractivity contribution in [3.8, 4) is 5.69 Å². The van der Waals surface area contributed by atoms with Gasteiger partial charge in [-0.05, 0) is 68.4 Å². The Labute approximate surface area is 167 Å². The van der Waals surface area contributed by atoms with Gasteiger partial charge in [0.25, 0.3) is 0 Å². The van der Waals surface area contributed by atoms with Crippen LogP contribution in [-0.4, -0.2) is 20.8 Å². The SMILES string of the molecule is C[C@H](O)CCc1nc(=O)n(-c2ccccc2Cl)c2cc(C3CC3)c(Cl)cc12. The molecule has 27 heavy (non-hydrogen) atoms. The number of aliphatic hydroxyl groups excluding tert-OH is 1. The van der Waals surface area contributed by atoms with E-state index in [-0.39, 0.29) is 5.69 Å². The van der Waals surface area contributed by atoms with E-state index in [0.29, 0.717) is 40.2 Å². The molecule has 0 amide bonds. The van der Waals surface area contributed by atoms with E-state index in [9.17, 15) is 9.90 Å². The number of hydrogen-bond donors (Lipinski definition) is 1. The van der Waals surface area contributed by atoms with E-state index in [2.05, 4.69) is 4.98 Å². The number of hydrogen-bond acceptors (Lipinski definition) is 3. The molecule has 3 aromatic rings. The standard InChI is InChI=1S/C21H20Cl2N2O2/c1-12(26)6-9-18-15-10-17(23)14(13-7-8-13)11-20(15)25(21(27)24-18)19-5-3-2-4-16(19)22/h2-5,10-13,26H,6-9H2,1H3/t12-/m0/s1. The third-order valence-electron chi connectivity index (χ3n) is 5.00. The highest BCUT2D eigenvalue weighted by atomic mass is 35.5. The van der Waals surface area contributed by atoms with Gasteiger partial charge in [0, 0.05) is 10.4 Å². The molecule has 1 saturated carbocycles. The Bertz CT molecular complexity index is 1070. The number of aryl methyl sites for hydroxylation is 1. The number of nitrogens with zero attached hydrogens (tertiary/aromatic N) is 2. The molecule has 4 rings (SSSR count). The number of halogens is 2. The summed E-state index contributed by atoms with van der Waals surface area (Å²) in [5.74, 6) is 0.450. The summed E-state index contributed by atoms with van der Waals surface area (Å²) in [6.07, 6.45) is 2.79. The Kier molecular flexibility index (Phi) is 4.97. The Balaban J connectivity index is 2.01. The quantitative estimate of drug-likeness (QED) is 0.661. The highest BCUT2D eigenvalue weighted by molar-refractivity contribution is 6.33. The van der Waals surface area contributed by atoms with E-state index in [1.807, 2.05) is 30.3 Å². The number of aromatic nitrogens is 2. The van der Waals surface area contributed by atoms with Gasteiger partial charge < -0.3 is 5.11 Å². The summed E-state index contributed by atoms with van der Waals surface area (Å²) in [7, 11) is 0. The van der Waals surface area contributed by atoms with Crippen molar-refractivity contribution in [1.82, 2.24) is 9.55 Å². The monoisotopic (exact) mass is 402 g/mol. The number of aliphatic hydroxyl groups is 1. The summed E-state index contributed by atoms with van der Waals surface area (Å²) in [6, 6.07) is 11.2. The van der Waals surface area contributed by atoms with Gasteiger partial charge in [0.15, 0.2) is 0 Å². The van der Waals surface area contributed by atoms with Crippen LogP contribution in [0.25, 0.3) is 16.6 Å². The lowest BCUT2D eigenvalue weighted by molar-refractivity contribution is 0.184. The zero-order chi connectivity index (χ0) is 19.1. The van der Waals surface area contributed by atoms with Crippen LogP contribution in [0.5, 0.6) is 0 Å². The van der Waals surface area contributed by atoms with Crippen LogP contribution in [0.1, 0.15) is 43.4 Å². The second kappa shape index (κ2) is 7.27. The first-order valence-corrected chi connectivity index (χ1v) is 9.89. The smallest absolute Gasteiger partial charge is 0.352 e. The van der Waals surface area contributed by atoms with Crippen molar-refractivity contribution in [2.45, 2.75) is 44.6 Å². The Morgan fingerprint density at radius 3 is 2.63 bits per heavy atom. The van der Waals surface area contributed by atoms with E-state index < -0.39 is 6.10 Å². The average molecular weight is 403 g/mol. The van der Waals surface area contributed by atoms with Gasteiger partial charge in [-0.2, -0.15) is 4.98 Å². The van der Waals surface area contributed by atoms with Crippen molar-refractivity contribution in [2.75, 3.05) is 0 Å². The molecule has 1 aromatic heterocycles. The zero-order valence-corrected chi connectivity index (χ0v) is 16.5. The molecule has 1 fully saturated rings. The van der Waals surface area contributed by atoms with Crippen LogP contribution in [0.2, 0.25) is 10.0 Å². The molecule has 0 saturated heterocycles. The van der Waals surface area contributed by atoms with Crippen LogP contribution in [-0.2, 0) is 6.42 Å². The summed E-state index contributed by atoms with van der Waals surface area (Å²) < 4.78 is 1.56. The van der Waals surface area contributed by atoms with Gasteiger partial charge in [-0.15, -0.1) is 0 Å². The molecule has 0 aliphatic heterocycles. The third-order valence-corrected chi connectivity index (χ3v) is 5.65. The van der Waals surface area contributed by atoms with Gasteiger partial charge in [-0.1, -0.05) is 35.3 Å². The zero-order valence-electron chi connectivity index (χ0n) is 15.0.